The first-order valence-corrected chi connectivity index (χ1v) is 10.6. The predicted octanol–water partition coefficient (Wildman–Crippen LogP) is 0.852. The maximum absolute atomic E-state index is 14.7. The van der Waals surface area contributed by atoms with E-state index in [9.17, 15) is 14.0 Å². The number of nitrogens with one attached hydrogen (secondary N) is 1. The SMILES string of the molecule is N/C=C1/COC2CN(C(=O)c3cc(Cc4n[nH]c(=O)c5ccccc45)ccc3F)CC2N1N. The molecule has 5 rings (SSSR count). The average Bonchev–Trinajstić information content (AvgIpc) is 3.27. The summed E-state index contributed by atoms with van der Waals surface area (Å²) in [5.41, 5.74) is 7.26. The first-order chi connectivity index (χ1) is 16.0. The number of hydrogen-bond donors (Lipinski definition) is 3. The van der Waals surface area contributed by atoms with Crippen LogP contribution in [-0.4, -0.2) is 57.9 Å². The van der Waals surface area contributed by atoms with Crippen molar-refractivity contribution < 1.29 is 13.9 Å². The molecule has 2 aromatic carbocycles. The fraction of sp³-hybridized carbons (Fsp3) is 0.261. The predicted molar refractivity (Wildman–Crippen MR) is 119 cm³/mol. The van der Waals surface area contributed by atoms with Gasteiger partial charge < -0.3 is 20.4 Å². The molecule has 2 fully saturated rings. The van der Waals surface area contributed by atoms with Crippen LogP contribution in [0.4, 0.5) is 4.39 Å². The molecule has 2 aliphatic heterocycles. The number of nitrogens with zero attached hydrogens (tertiary/aromatic N) is 3. The minimum Gasteiger partial charge on any atom is -0.403 e. The summed E-state index contributed by atoms with van der Waals surface area (Å²) in [6.45, 7) is 0.873. The first-order valence-electron chi connectivity index (χ1n) is 10.6. The number of likely N-dealkylation sites (tertiary alicyclic amines) is 1. The van der Waals surface area contributed by atoms with Gasteiger partial charge in [0.05, 0.1) is 41.1 Å². The highest BCUT2D eigenvalue weighted by atomic mass is 19.1. The lowest BCUT2D eigenvalue weighted by Crippen LogP contribution is -2.53. The third-order valence-corrected chi connectivity index (χ3v) is 6.26. The van der Waals surface area contributed by atoms with Crippen molar-refractivity contribution in [2.45, 2.75) is 18.6 Å². The van der Waals surface area contributed by atoms with Gasteiger partial charge in [-0.1, -0.05) is 24.3 Å². The zero-order valence-corrected chi connectivity index (χ0v) is 17.7. The van der Waals surface area contributed by atoms with Gasteiger partial charge in [0, 0.05) is 31.1 Å². The van der Waals surface area contributed by atoms with Gasteiger partial charge in [-0.3, -0.25) is 9.59 Å². The highest BCUT2D eigenvalue weighted by molar-refractivity contribution is 5.95. The second-order valence-electron chi connectivity index (χ2n) is 8.23. The number of aromatic amines is 1. The van der Waals surface area contributed by atoms with Gasteiger partial charge in [0.15, 0.2) is 0 Å². The highest BCUT2D eigenvalue weighted by Crippen LogP contribution is 2.27. The number of benzene rings is 2. The van der Waals surface area contributed by atoms with E-state index in [0.717, 1.165) is 0 Å². The van der Waals surface area contributed by atoms with Gasteiger partial charge in [-0.25, -0.2) is 15.3 Å². The molecule has 2 saturated heterocycles. The Labute approximate surface area is 188 Å². The van der Waals surface area contributed by atoms with Gasteiger partial charge in [0.2, 0.25) is 0 Å². The number of hydrogen-bond acceptors (Lipinski definition) is 7. The lowest BCUT2D eigenvalue weighted by Gasteiger charge is -2.36. The lowest BCUT2D eigenvalue weighted by molar-refractivity contribution is -0.0184. The van der Waals surface area contributed by atoms with Gasteiger partial charge in [0.1, 0.15) is 5.82 Å². The molecule has 0 aliphatic carbocycles. The molecular weight excluding hydrogens is 427 g/mol. The zero-order valence-electron chi connectivity index (χ0n) is 17.7. The second-order valence-corrected chi connectivity index (χ2v) is 8.23. The molecule has 33 heavy (non-hydrogen) atoms. The van der Waals surface area contributed by atoms with Crippen LogP contribution in [0.1, 0.15) is 21.6 Å². The molecule has 3 heterocycles. The Kier molecular flexibility index (Phi) is 5.31. The molecule has 0 saturated carbocycles. The molecular formula is C23H23FN6O3. The van der Waals surface area contributed by atoms with Crippen molar-refractivity contribution in [1.29, 1.82) is 0 Å². The van der Waals surface area contributed by atoms with E-state index >= 15 is 0 Å². The van der Waals surface area contributed by atoms with Gasteiger partial charge in [0.25, 0.3) is 11.5 Å². The van der Waals surface area contributed by atoms with Crippen molar-refractivity contribution in [2.24, 2.45) is 11.6 Å². The van der Waals surface area contributed by atoms with Crippen molar-refractivity contribution in [1.82, 2.24) is 20.1 Å². The number of nitrogens with two attached hydrogens (primary N) is 2. The van der Waals surface area contributed by atoms with Crippen LogP contribution < -0.4 is 17.1 Å². The van der Waals surface area contributed by atoms with E-state index in [0.29, 0.717) is 47.2 Å². The van der Waals surface area contributed by atoms with Crippen LogP contribution in [0.25, 0.3) is 10.8 Å². The molecule has 1 aromatic heterocycles. The highest BCUT2D eigenvalue weighted by Gasteiger charge is 2.43. The van der Waals surface area contributed by atoms with E-state index in [4.69, 9.17) is 16.3 Å². The first kappa shape index (κ1) is 21.1. The fourth-order valence-corrected chi connectivity index (χ4v) is 4.48. The number of carbonyl (C=O) groups is 1. The third-order valence-electron chi connectivity index (χ3n) is 6.26. The zero-order chi connectivity index (χ0) is 23.1. The van der Waals surface area contributed by atoms with Crippen LogP contribution in [0.3, 0.4) is 0 Å². The van der Waals surface area contributed by atoms with Crippen LogP contribution in [0.15, 0.2) is 59.2 Å². The van der Waals surface area contributed by atoms with E-state index in [-0.39, 0.29) is 29.9 Å². The summed E-state index contributed by atoms with van der Waals surface area (Å²) in [4.78, 5) is 26.8. The molecule has 0 bridgehead atoms. The molecule has 9 nitrogen and oxygen atoms in total. The molecule has 0 radical (unpaired) electrons. The van der Waals surface area contributed by atoms with Crippen molar-refractivity contribution in [3.63, 3.8) is 0 Å². The Morgan fingerprint density at radius 2 is 2.03 bits per heavy atom. The molecule has 170 valence electrons. The maximum Gasteiger partial charge on any atom is 0.272 e. The Bertz CT molecular complexity index is 1320. The molecule has 1 amide bonds. The van der Waals surface area contributed by atoms with Crippen molar-refractivity contribution in [2.75, 3.05) is 19.7 Å². The molecule has 10 heteroatoms. The number of H-pyrrole nitrogens is 1. The largest absolute Gasteiger partial charge is 0.403 e. The number of morpholine rings is 1. The molecule has 2 unspecified atom stereocenters. The third kappa shape index (κ3) is 3.73. The smallest absolute Gasteiger partial charge is 0.272 e. The number of hydrazine groups is 1. The fourth-order valence-electron chi connectivity index (χ4n) is 4.48. The summed E-state index contributed by atoms with van der Waals surface area (Å²) < 4.78 is 20.5. The Morgan fingerprint density at radius 3 is 2.82 bits per heavy atom. The topological polar surface area (TPSA) is 131 Å². The summed E-state index contributed by atoms with van der Waals surface area (Å²) in [7, 11) is 0. The number of fused-ring (bicyclic) bond motifs is 2. The second kappa shape index (κ2) is 8.30. The molecule has 2 aliphatic rings. The Balaban J connectivity index is 1.40. The Hall–Kier alpha value is -3.76. The van der Waals surface area contributed by atoms with Crippen LogP contribution in [0, 0.1) is 5.82 Å². The Morgan fingerprint density at radius 1 is 1.24 bits per heavy atom. The summed E-state index contributed by atoms with van der Waals surface area (Å²) in [5.74, 6) is 5.09. The lowest BCUT2D eigenvalue weighted by atomic mass is 10.0. The average molecular weight is 450 g/mol. The number of amides is 1. The summed E-state index contributed by atoms with van der Waals surface area (Å²) >= 11 is 0. The molecule has 5 N–H and O–H groups in total. The number of ether oxygens (including phenoxy) is 1. The molecule has 0 spiro atoms. The van der Waals surface area contributed by atoms with E-state index in [1.54, 1.807) is 23.1 Å². The van der Waals surface area contributed by atoms with E-state index < -0.39 is 11.7 Å². The van der Waals surface area contributed by atoms with E-state index in [1.807, 2.05) is 12.1 Å². The van der Waals surface area contributed by atoms with Crippen molar-refractivity contribution in [3.05, 3.63) is 87.4 Å². The normalized spacial score (nSPS) is 21.6. The standard InChI is InChI=1S/C23H23FN6O3/c24-18-6-5-13(8-19-15-3-1-2-4-16(15)22(31)28-27-19)7-17(18)23(32)29-10-20-21(11-29)33-12-14(9-25)30(20)26/h1-7,9,20-21H,8,10-12,25-26H2,(H,28,31)/b14-9-. The molecule has 2 atom stereocenters. The number of halogens is 1. The van der Waals surface area contributed by atoms with Crippen LogP contribution in [0.5, 0.6) is 0 Å². The summed E-state index contributed by atoms with van der Waals surface area (Å²) in [6, 6.07) is 11.3. The van der Waals surface area contributed by atoms with Gasteiger partial charge in [-0.15, -0.1) is 0 Å². The number of rotatable bonds is 3. The van der Waals surface area contributed by atoms with Crippen LogP contribution in [-0.2, 0) is 11.2 Å². The molecule has 3 aromatic rings. The quantitative estimate of drug-likeness (QED) is 0.504. The van der Waals surface area contributed by atoms with Gasteiger partial charge >= 0.3 is 0 Å². The monoisotopic (exact) mass is 450 g/mol. The van der Waals surface area contributed by atoms with Crippen molar-refractivity contribution in [3.8, 4) is 0 Å². The maximum atomic E-state index is 14.7. The van der Waals surface area contributed by atoms with Crippen LogP contribution in [0.2, 0.25) is 0 Å². The minimum atomic E-state index is -0.606. The summed E-state index contributed by atoms with van der Waals surface area (Å²) in [5, 5.41) is 9.44. The van der Waals surface area contributed by atoms with Gasteiger partial charge in [-0.2, -0.15) is 5.10 Å². The number of aromatic nitrogens is 2. The van der Waals surface area contributed by atoms with E-state index in [2.05, 4.69) is 10.2 Å². The summed E-state index contributed by atoms with van der Waals surface area (Å²) in [6.07, 6.45) is 1.44. The van der Waals surface area contributed by atoms with Gasteiger partial charge in [-0.05, 0) is 23.8 Å². The minimum absolute atomic E-state index is 0.0296. The number of carbonyl (C=O) groups excluding carboxylic acids is 1. The van der Waals surface area contributed by atoms with E-state index in [1.165, 1.54) is 23.3 Å². The van der Waals surface area contributed by atoms with Crippen LogP contribution >= 0.6 is 0 Å². The van der Waals surface area contributed by atoms with Crippen molar-refractivity contribution >= 4 is 16.7 Å².